The van der Waals surface area contributed by atoms with Gasteiger partial charge in [0.15, 0.2) is 0 Å². The molecule has 0 aliphatic rings. The number of benzene rings is 4. The summed E-state index contributed by atoms with van der Waals surface area (Å²) in [6, 6.07) is 34.6. The molecule has 32 heavy (non-hydrogen) atoms. The van der Waals surface area contributed by atoms with Crippen molar-refractivity contribution in [3.05, 3.63) is 138 Å². The van der Waals surface area contributed by atoms with Crippen LogP contribution in [0.5, 0.6) is 5.75 Å². The van der Waals surface area contributed by atoms with Gasteiger partial charge in [-0.2, -0.15) is 0 Å². The third kappa shape index (κ3) is 4.27. The molecule has 0 saturated carbocycles. The summed E-state index contributed by atoms with van der Waals surface area (Å²) in [6.45, 7) is 0. The summed E-state index contributed by atoms with van der Waals surface area (Å²) >= 11 is 0. The zero-order valence-electron chi connectivity index (χ0n) is 17.8. The summed E-state index contributed by atoms with van der Waals surface area (Å²) in [6.07, 6.45) is 0. The van der Waals surface area contributed by atoms with Gasteiger partial charge in [0.1, 0.15) is 11.4 Å². The first kappa shape index (κ1) is 21.3. The summed E-state index contributed by atoms with van der Waals surface area (Å²) < 4.78 is 5.20. The Hall–Kier alpha value is -3.89. The number of methoxy groups -OCH3 is 1. The highest BCUT2D eigenvalue weighted by atomic mass is 16.5. The summed E-state index contributed by atoms with van der Waals surface area (Å²) in [5, 5.41) is 15.4. The van der Waals surface area contributed by atoms with Gasteiger partial charge in [0.05, 0.1) is 13.2 Å². The Bertz CT molecular complexity index is 1100. The monoisotopic (exact) mass is 423 g/mol. The van der Waals surface area contributed by atoms with Crippen molar-refractivity contribution in [2.75, 3.05) is 7.11 Å². The Morgan fingerprint density at radius 3 is 1.69 bits per heavy atom. The minimum atomic E-state index is -1.49. The SMILES string of the molecule is COc1ccc(C(=O)N[C@@H](c2ccccc2)C(O)(c2ccccc2)c2ccccc2)cc1. The molecule has 0 heterocycles. The number of aliphatic hydroxyl groups is 1. The zero-order chi connectivity index (χ0) is 22.4. The van der Waals surface area contributed by atoms with Crippen LogP contribution in [0.3, 0.4) is 0 Å². The molecule has 160 valence electrons. The van der Waals surface area contributed by atoms with E-state index in [2.05, 4.69) is 5.32 Å². The fourth-order valence-corrected chi connectivity index (χ4v) is 3.92. The first-order valence-corrected chi connectivity index (χ1v) is 10.5. The summed E-state index contributed by atoms with van der Waals surface area (Å²) in [4.78, 5) is 13.3. The zero-order valence-corrected chi connectivity index (χ0v) is 17.8. The van der Waals surface area contributed by atoms with Crippen LogP contribution >= 0.6 is 0 Å². The molecule has 0 aliphatic carbocycles. The van der Waals surface area contributed by atoms with Gasteiger partial charge in [-0.05, 0) is 41.0 Å². The van der Waals surface area contributed by atoms with E-state index in [4.69, 9.17) is 4.74 Å². The average Bonchev–Trinajstić information content (AvgIpc) is 2.88. The van der Waals surface area contributed by atoms with E-state index in [1.54, 1.807) is 31.4 Å². The Kier molecular flexibility index (Phi) is 6.34. The van der Waals surface area contributed by atoms with Crippen LogP contribution in [0.1, 0.15) is 33.1 Å². The van der Waals surface area contributed by atoms with Gasteiger partial charge >= 0.3 is 0 Å². The van der Waals surface area contributed by atoms with E-state index in [1.807, 2.05) is 91.0 Å². The molecule has 4 nitrogen and oxygen atoms in total. The molecule has 0 bridgehead atoms. The second-order valence-electron chi connectivity index (χ2n) is 7.54. The minimum Gasteiger partial charge on any atom is -0.497 e. The van der Waals surface area contributed by atoms with Gasteiger partial charge in [-0.3, -0.25) is 4.79 Å². The van der Waals surface area contributed by atoms with Crippen LogP contribution in [0.2, 0.25) is 0 Å². The van der Waals surface area contributed by atoms with Crippen molar-refractivity contribution in [3.8, 4) is 5.75 Å². The van der Waals surface area contributed by atoms with Gasteiger partial charge < -0.3 is 15.2 Å². The van der Waals surface area contributed by atoms with E-state index in [1.165, 1.54) is 0 Å². The van der Waals surface area contributed by atoms with Gasteiger partial charge in [0, 0.05) is 5.56 Å². The lowest BCUT2D eigenvalue weighted by atomic mass is 9.77. The third-order valence-electron chi connectivity index (χ3n) is 5.61. The molecule has 0 unspecified atom stereocenters. The molecule has 0 fully saturated rings. The van der Waals surface area contributed by atoms with Gasteiger partial charge in [0.2, 0.25) is 0 Å². The molecule has 4 aromatic rings. The predicted molar refractivity (Wildman–Crippen MR) is 126 cm³/mol. The van der Waals surface area contributed by atoms with Crippen LogP contribution in [0.15, 0.2) is 115 Å². The quantitative estimate of drug-likeness (QED) is 0.435. The van der Waals surface area contributed by atoms with Crippen molar-refractivity contribution in [2.24, 2.45) is 0 Å². The second kappa shape index (κ2) is 9.50. The number of ether oxygens (including phenoxy) is 1. The molecule has 0 saturated heterocycles. The summed E-state index contributed by atoms with van der Waals surface area (Å²) in [7, 11) is 1.58. The van der Waals surface area contributed by atoms with Crippen LogP contribution in [-0.4, -0.2) is 18.1 Å². The number of carbonyl (C=O) groups excluding carboxylic acids is 1. The van der Waals surface area contributed by atoms with Crippen molar-refractivity contribution in [1.29, 1.82) is 0 Å². The van der Waals surface area contributed by atoms with Gasteiger partial charge in [-0.1, -0.05) is 91.0 Å². The highest BCUT2D eigenvalue weighted by Gasteiger charge is 2.42. The maximum Gasteiger partial charge on any atom is 0.251 e. The van der Waals surface area contributed by atoms with E-state index >= 15 is 0 Å². The smallest absolute Gasteiger partial charge is 0.251 e. The Morgan fingerprint density at radius 1 is 0.750 bits per heavy atom. The molecule has 0 aromatic heterocycles. The lowest BCUT2D eigenvalue weighted by Gasteiger charge is -2.38. The van der Waals surface area contributed by atoms with Crippen LogP contribution in [0.4, 0.5) is 0 Å². The normalized spacial score (nSPS) is 12.1. The topological polar surface area (TPSA) is 58.6 Å². The Morgan fingerprint density at radius 2 is 1.22 bits per heavy atom. The first-order valence-electron chi connectivity index (χ1n) is 10.5. The predicted octanol–water partition coefficient (Wildman–Crippen LogP) is 5.10. The molecule has 0 aliphatic heterocycles. The lowest BCUT2D eigenvalue weighted by molar-refractivity contribution is 0.0338. The number of hydrogen-bond acceptors (Lipinski definition) is 3. The van der Waals surface area contributed by atoms with Crippen molar-refractivity contribution in [3.63, 3.8) is 0 Å². The molecule has 1 atom stereocenters. The number of rotatable bonds is 7. The molecular formula is C28H25NO3. The summed E-state index contributed by atoms with van der Waals surface area (Å²) in [5.41, 5.74) is 1.16. The largest absolute Gasteiger partial charge is 0.497 e. The highest BCUT2D eigenvalue weighted by Crippen LogP contribution is 2.41. The molecular weight excluding hydrogens is 398 g/mol. The average molecular weight is 424 g/mol. The standard InChI is InChI=1S/C28H25NO3/c1-32-25-19-17-22(18-20-25)27(30)29-26(21-11-5-2-6-12-21)28(31,23-13-7-3-8-14-23)24-15-9-4-10-16-24/h2-20,26,31H,1H3,(H,29,30)/t26-/m0/s1. The second-order valence-corrected chi connectivity index (χ2v) is 7.54. The molecule has 4 heteroatoms. The summed E-state index contributed by atoms with van der Waals surface area (Å²) in [5.74, 6) is 0.387. The number of carbonyl (C=O) groups is 1. The fourth-order valence-electron chi connectivity index (χ4n) is 3.92. The van der Waals surface area contributed by atoms with E-state index in [-0.39, 0.29) is 5.91 Å². The van der Waals surface area contributed by atoms with Gasteiger partial charge in [0.25, 0.3) is 5.91 Å². The fraction of sp³-hybridized carbons (Fsp3) is 0.107. The maximum atomic E-state index is 13.3. The minimum absolute atomic E-state index is 0.285. The number of hydrogen-bond donors (Lipinski definition) is 2. The number of amides is 1. The van der Waals surface area contributed by atoms with Gasteiger partial charge in [-0.25, -0.2) is 0 Å². The van der Waals surface area contributed by atoms with Crippen molar-refractivity contribution in [1.82, 2.24) is 5.32 Å². The highest BCUT2D eigenvalue weighted by molar-refractivity contribution is 5.94. The Balaban J connectivity index is 1.83. The van der Waals surface area contributed by atoms with E-state index in [0.29, 0.717) is 22.4 Å². The van der Waals surface area contributed by atoms with E-state index in [9.17, 15) is 9.90 Å². The molecule has 1 amide bonds. The molecule has 0 radical (unpaired) electrons. The van der Waals surface area contributed by atoms with Crippen LogP contribution in [-0.2, 0) is 5.60 Å². The Labute approximate surface area is 188 Å². The van der Waals surface area contributed by atoms with Gasteiger partial charge in [-0.15, -0.1) is 0 Å². The number of nitrogens with one attached hydrogen (secondary N) is 1. The lowest BCUT2D eigenvalue weighted by Crippen LogP contribution is -2.45. The van der Waals surface area contributed by atoms with Crippen molar-refractivity contribution < 1.29 is 14.6 Å². The van der Waals surface area contributed by atoms with Crippen molar-refractivity contribution >= 4 is 5.91 Å². The molecule has 4 rings (SSSR count). The molecule has 0 spiro atoms. The third-order valence-corrected chi connectivity index (χ3v) is 5.61. The van der Waals surface area contributed by atoms with Crippen LogP contribution in [0, 0.1) is 0 Å². The molecule has 2 N–H and O–H groups in total. The first-order chi connectivity index (χ1) is 15.6. The van der Waals surface area contributed by atoms with E-state index < -0.39 is 11.6 Å². The molecule has 4 aromatic carbocycles. The van der Waals surface area contributed by atoms with Crippen LogP contribution in [0.25, 0.3) is 0 Å². The van der Waals surface area contributed by atoms with Crippen LogP contribution < -0.4 is 10.1 Å². The maximum absolute atomic E-state index is 13.3. The van der Waals surface area contributed by atoms with Crippen molar-refractivity contribution in [2.45, 2.75) is 11.6 Å². The van der Waals surface area contributed by atoms with E-state index in [0.717, 1.165) is 5.56 Å².